The van der Waals surface area contributed by atoms with Crippen molar-refractivity contribution in [2.45, 2.75) is 51.4 Å². The number of rotatable bonds is 2. The molecule has 2 fully saturated rings. The van der Waals surface area contributed by atoms with Gasteiger partial charge in [-0.25, -0.2) is 8.78 Å². The van der Waals surface area contributed by atoms with Gasteiger partial charge >= 0.3 is 5.97 Å². The van der Waals surface area contributed by atoms with Crippen molar-refractivity contribution in [3.8, 4) is 0 Å². The Kier molecular flexibility index (Phi) is 3.38. The molecular weight excluding hydrogens is 242 g/mol. The molecule has 0 unspecified atom stereocenters. The van der Waals surface area contributed by atoms with Gasteiger partial charge in [0, 0.05) is 26.1 Å². The minimum absolute atomic E-state index is 0.0752. The van der Waals surface area contributed by atoms with Crippen LogP contribution in [0.3, 0.4) is 0 Å². The van der Waals surface area contributed by atoms with Crippen molar-refractivity contribution >= 4 is 5.97 Å². The van der Waals surface area contributed by atoms with E-state index in [0.717, 1.165) is 0 Å². The van der Waals surface area contributed by atoms with E-state index < -0.39 is 22.7 Å². The average Bonchev–Trinajstić information content (AvgIpc) is 2.29. The topological polar surface area (TPSA) is 46.5 Å². The SMILES string of the molecule is CC1(C2(C(=O)O)CCC(F)(F)CC2)CCOCC1. The van der Waals surface area contributed by atoms with Crippen molar-refractivity contribution in [3.05, 3.63) is 0 Å². The first-order valence-electron chi connectivity index (χ1n) is 6.50. The van der Waals surface area contributed by atoms with Crippen molar-refractivity contribution < 1.29 is 23.4 Å². The van der Waals surface area contributed by atoms with Crippen LogP contribution in [-0.4, -0.2) is 30.2 Å². The summed E-state index contributed by atoms with van der Waals surface area (Å²) >= 11 is 0. The summed E-state index contributed by atoms with van der Waals surface area (Å²) in [6.07, 6.45) is 0.818. The molecule has 1 aliphatic carbocycles. The Morgan fingerprint density at radius 1 is 1.06 bits per heavy atom. The molecule has 0 aromatic heterocycles. The molecule has 104 valence electrons. The lowest BCUT2D eigenvalue weighted by Gasteiger charge is -2.51. The third-order valence-corrected chi connectivity index (χ3v) is 5.00. The van der Waals surface area contributed by atoms with Gasteiger partial charge in [0.25, 0.3) is 0 Å². The van der Waals surface area contributed by atoms with E-state index in [0.29, 0.717) is 26.1 Å². The molecule has 0 amide bonds. The van der Waals surface area contributed by atoms with Crippen molar-refractivity contribution in [3.63, 3.8) is 0 Å². The zero-order valence-electron chi connectivity index (χ0n) is 10.7. The van der Waals surface area contributed by atoms with Crippen LogP contribution in [-0.2, 0) is 9.53 Å². The number of hydrogen-bond acceptors (Lipinski definition) is 2. The summed E-state index contributed by atoms with van der Waals surface area (Å²) in [5.41, 5.74) is -1.42. The first-order valence-corrected chi connectivity index (χ1v) is 6.50. The van der Waals surface area contributed by atoms with Gasteiger partial charge in [0.2, 0.25) is 5.92 Å². The summed E-state index contributed by atoms with van der Waals surface area (Å²) in [6, 6.07) is 0. The number of aliphatic carboxylic acids is 1. The Morgan fingerprint density at radius 2 is 1.56 bits per heavy atom. The van der Waals surface area contributed by atoms with E-state index in [1.54, 1.807) is 0 Å². The Morgan fingerprint density at radius 3 is 2.00 bits per heavy atom. The highest BCUT2D eigenvalue weighted by Crippen LogP contribution is 2.57. The molecule has 1 N–H and O–H groups in total. The number of alkyl halides is 2. The molecule has 1 saturated carbocycles. The second-order valence-corrected chi connectivity index (χ2v) is 5.92. The van der Waals surface area contributed by atoms with Crippen molar-refractivity contribution in [2.24, 2.45) is 10.8 Å². The highest BCUT2D eigenvalue weighted by molar-refractivity contribution is 5.76. The fraction of sp³-hybridized carbons (Fsp3) is 0.923. The summed E-state index contributed by atoms with van der Waals surface area (Å²) < 4.78 is 31.9. The summed E-state index contributed by atoms with van der Waals surface area (Å²) in [5, 5.41) is 9.59. The largest absolute Gasteiger partial charge is 0.481 e. The van der Waals surface area contributed by atoms with E-state index in [9.17, 15) is 18.7 Å². The van der Waals surface area contributed by atoms with Crippen LogP contribution in [0.5, 0.6) is 0 Å². The Hall–Kier alpha value is -0.710. The quantitative estimate of drug-likeness (QED) is 0.831. The fourth-order valence-corrected chi connectivity index (χ4v) is 3.42. The molecule has 1 heterocycles. The van der Waals surface area contributed by atoms with Gasteiger partial charge in [-0.3, -0.25) is 4.79 Å². The van der Waals surface area contributed by atoms with Gasteiger partial charge < -0.3 is 9.84 Å². The molecule has 1 saturated heterocycles. The molecule has 0 radical (unpaired) electrons. The molecule has 0 atom stereocenters. The molecule has 0 aromatic rings. The first-order chi connectivity index (χ1) is 8.31. The molecule has 2 rings (SSSR count). The van der Waals surface area contributed by atoms with Gasteiger partial charge in [0.05, 0.1) is 5.41 Å². The van der Waals surface area contributed by atoms with Gasteiger partial charge in [0.15, 0.2) is 0 Å². The fourth-order valence-electron chi connectivity index (χ4n) is 3.42. The standard InChI is InChI=1S/C13H20F2O3/c1-11(6-8-18-9-7-11)12(10(16)17)2-4-13(14,15)5-3-12/h2-9H2,1H3,(H,16,17). The van der Waals surface area contributed by atoms with Crippen LogP contribution in [0, 0.1) is 10.8 Å². The van der Waals surface area contributed by atoms with E-state index >= 15 is 0 Å². The molecule has 0 spiro atoms. The van der Waals surface area contributed by atoms with E-state index in [1.807, 2.05) is 6.92 Å². The number of carboxylic acids is 1. The third-order valence-electron chi connectivity index (χ3n) is 5.00. The lowest BCUT2D eigenvalue weighted by molar-refractivity contribution is -0.178. The highest BCUT2D eigenvalue weighted by atomic mass is 19.3. The van der Waals surface area contributed by atoms with Crippen LogP contribution in [0.1, 0.15) is 45.4 Å². The Balaban J connectivity index is 2.25. The number of halogens is 2. The third kappa shape index (κ3) is 2.13. The summed E-state index contributed by atoms with van der Waals surface area (Å²) in [6.45, 7) is 2.98. The molecule has 0 aromatic carbocycles. The number of carbonyl (C=O) groups is 1. The lowest BCUT2D eigenvalue weighted by atomic mass is 9.54. The molecule has 0 bridgehead atoms. The molecule has 2 aliphatic rings. The van der Waals surface area contributed by atoms with Crippen LogP contribution in [0.25, 0.3) is 0 Å². The van der Waals surface area contributed by atoms with E-state index in [1.165, 1.54) is 0 Å². The average molecular weight is 262 g/mol. The van der Waals surface area contributed by atoms with Gasteiger partial charge in [0.1, 0.15) is 0 Å². The zero-order valence-corrected chi connectivity index (χ0v) is 10.7. The molecule has 1 aliphatic heterocycles. The van der Waals surface area contributed by atoms with Crippen LogP contribution in [0.15, 0.2) is 0 Å². The second-order valence-electron chi connectivity index (χ2n) is 5.92. The number of hydrogen-bond donors (Lipinski definition) is 1. The van der Waals surface area contributed by atoms with Crippen LogP contribution in [0.4, 0.5) is 8.78 Å². The lowest BCUT2D eigenvalue weighted by Crippen LogP contribution is -2.52. The second kappa shape index (κ2) is 4.44. The Labute approximate surface area is 106 Å². The monoisotopic (exact) mass is 262 g/mol. The van der Waals surface area contributed by atoms with E-state index in [2.05, 4.69) is 0 Å². The van der Waals surface area contributed by atoms with Crippen molar-refractivity contribution in [1.29, 1.82) is 0 Å². The van der Waals surface area contributed by atoms with Gasteiger partial charge in [-0.1, -0.05) is 6.92 Å². The predicted octanol–water partition coefficient (Wildman–Crippen LogP) is 3.08. The first kappa shape index (κ1) is 13.7. The van der Waals surface area contributed by atoms with Crippen LogP contribution >= 0.6 is 0 Å². The maximum atomic E-state index is 13.3. The smallest absolute Gasteiger partial charge is 0.310 e. The maximum Gasteiger partial charge on any atom is 0.310 e. The zero-order chi connectivity index (χ0) is 13.4. The minimum atomic E-state index is -2.69. The highest BCUT2D eigenvalue weighted by Gasteiger charge is 2.57. The maximum absolute atomic E-state index is 13.3. The van der Waals surface area contributed by atoms with Gasteiger partial charge in [-0.05, 0) is 31.1 Å². The molecule has 3 nitrogen and oxygen atoms in total. The normalized spacial score (nSPS) is 29.7. The summed E-state index contributed by atoms with van der Waals surface area (Å²) in [4.78, 5) is 11.7. The summed E-state index contributed by atoms with van der Waals surface area (Å²) in [7, 11) is 0. The molecule has 5 heteroatoms. The van der Waals surface area contributed by atoms with Gasteiger partial charge in [-0.15, -0.1) is 0 Å². The van der Waals surface area contributed by atoms with E-state index in [-0.39, 0.29) is 25.7 Å². The van der Waals surface area contributed by atoms with E-state index in [4.69, 9.17) is 4.74 Å². The van der Waals surface area contributed by atoms with Crippen LogP contribution < -0.4 is 0 Å². The molecular formula is C13H20F2O3. The van der Waals surface area contributed by atoms with Crippen molar-refractivity contribution in [2.75, 3.05) is 13.2 Å². The molecule has 18 heavy (non-hydrogen) atoms. The van der Waals surface area contributed by atoms with Crippen LogP contribution in [0.2, 0.25) is 0 Å². The Bertz CT molecular complexity index is 325. The predicted molar refractivity (Wildman–Crippen MR) is 61.6 cm³/mol. The summed E-state index contributed by atoms with van der Waals surface area (Å²) in [5.74, 6) is -3.61. The number of carboxylic acid groups (broad SMARTS) is 1. The minimum Gasteiger partial charge on any atom is -0.481 e. The van der Waals surface area contributed by atoms with Gasteiger partial charge in [-0.2, -0.15) is 0 Å². The van der Waals surface area contributed by atoms with Crippen molar-refractivity contribution in [1.82, 2.24) is 0 Å². The number of ether oxygens (including phenoxy) is 1.